The number of nitrogens with one attached hydrogen (secondary N) is 1. The van der Waals surface area contributed by atoms with E-state index in [0.29, 0.717) is 5.56 Å². The monoisotopic (exact) mass is 354 g/mol. The Morgan fingerprint density at radius 1 is 1.30 bits per heavy atom. The van der Waals surface area contributed by atoms with Gasteiger partial charge in [0.05, 0.1) is 6.04 Å². The van der Waals surface area contributed by atoms with Gasteiger partial charge in [-0.3, -0.25) is 4.79 Å². The summed E-state index contributed by atoms with van der Waals surface area (Å²) >= 11 is 0. The van der Waals surface area contributed by atoms with E-state index < -0.39 is 18.8 Å². The van der Waals surface area contributed by atoms with Gasteiger partial charge in [-0.15, -0.1) is 12.4 Å². The number of rotatable bonds is 5. The maximum absolute atomic E-state index is 12.1. The molecule has 1 atom stereocenters. The van der Waals surface area contributed by atoms with E-state index in [9.17, 15) is 18.0 Å². The van der Waals surface area contributed by atoms with Crippen LogP contribution in [0.3, 0.4) is 0 Å². The first-order valence-electron chi connectivity index (χ1n) is 6.81. The lowest BCUT2D eigenvalue weighted by atomic mass is 9.87. The zero-order chi connectivity index (χ0) is 17.0. The number of hydrogen-bond donors (Lipinski definition) is 2. The Hall–Kier alpha value is -1.47. The molecule has 0 bridgehead atoms. The molecule has 0 aliphatic heterocycles. The van der Waals surface area contributed by atoms with Gasteiger partial charge >= 0.3 is 6.18 Å². The van der Waals surface area contributed by atoms with E-state index in [1.165, 1.54) is 12.1 Å². The van der Waals surface area contributed by atoms with Crippen LogP contribution in [0.25, 0.3) is 0 Å². The Morgan fingerprint density at radius 3 is 2.43 bits per heavy atom. The van der Waals surface area contributed by atoms with Crippen molar-refractivity contribution in [3.63, 3.8) is 0 Å². The Balaban J connectivity index is 0.00000484. The largest absolute Gasteiger partial charge is 0.484 e. The van der Waals surface area contributed by atoms with Crippen LogP contribution in [0.2, 0.25) is 0 Å². The van der Waals surface area contributed by atoms with Gasteiger partial charge in [-0.1, -0.05) is 32.9 Å². The summed E-state index contributed by atoms with van der Waals surface area (Å²) in [5.74, 6) is -0.210. The van der Waals surface area contributed by atoms with Gasteiger partial charge in [0.25, 0.3) is 0 Å². The average Bonchev–Trinajstić information content (AvgIpc) is 2.40. The molecule has 23 heavy (non-hydrogen) atoms. The second-order valence-electron chi connectivity index (χ2n) is 6.11. The summed E-state index contributed by atoms with van der Waals surface area (Å²) in [5, 5.41) is 2.66. The second-order valence-corrected chi connectivity index (χ2v) is 6.11. The quantitative estimate of drug-likeness (QED) is 0.854. The molecule has 0 heterocycles. The molecule has 0 saturated carbocycles. The molecule has 0 aliphatic rings. The molecular weight excluding hydrogens is 333 g/mol. The first-order valence-corrected chi connectivity index (χ1v) is 6.81. The lowest BCUT2D eigenvalue weighted by Gasteiger charge is -2.25. The third kappa shape index (κ3) is 8.08. The van der Waals surface area contributed by atoms with Crippen LogP contribution in [0.15, 0.2) is 24.3 Å². The Bertz CT molecular complexity index is 516. The van der Waals surface area contributed by atoms with Crippen LogP contribution in [-0.2, 0) is 11.3 Å². The number of benzene rings is 1. The number of ether oxygens (including phenoxy) is 1. The minimum absolute atomic E-state index is 0. The lowest BCUT2D eigenvalue weighted by molar-refractivity contribution is -0.153. The molecule has 0 aliphatic carbocycles. The number of alkyl halides is 3. The van der Waals surface area contributed by atoms with Gasteiger partial charge in [0, 0.05) is 6.54 Å². The molecule has 0 saturated heterocycles. The van der Waals surface area contributed by atoms with Crippen molar-refractivity contribution in [3.8, 4) is 5.75 Å². The number of hydrogen-bond acceptors (Lipinski definition) is 3. The van der Waals surface area contributed by atoms with Gasteiger partial charge in [-0.25, -0.2) is 0 Å². The van der Waals surface area contributed by atoms with Crippen molar-refractivity contribution in [2.45, 2.75) is 39.5 Å². The van der Waals surface area contributed by atoms with Gasteiger partial charge in [0.15, 0.2) is 6.61 Å². The van der Waals surface area contributed by atoms with E-state index in [2.05, 4.69) is 10.1 Å². The molecule has 1 aromatic carbocycles. The first kappa shape index (κ1) is 21.5. The standard InChI is InChI=1S/C15H21F3N2O2.ClH/c1-14(2,3)12(19)13(21)20-8-10-5-4-6-11(7-10)22-9-15(16,17)18;/h4-7,12H,8-9,19H2,1-3H3,(H,20,21);1H/t12-;/m1./s1. The van der Waals surface area contributed by atoms with E-state index in [0.717, 1.165) is 0 Å². The van der Waals surface area contributed by atoms with Crippen molar-refractivity contribution in [3.05, 3.63) is 29.8 Å². The van der Waals surface area contributed by atoms with Crippen LogP contribution in [0, 0.1) is 5.41 Å². The maximum Gasteiger partial charge on any atom is 0.422 e. The minimum atomic E-state index is -4.39. The molecule has 0 aromatic heterocycles. The fourth-order valence-corrected chi connectivity index (χ4v) is 1.60. The van der Waals surface area contributed by atoms with Crippen LogP contribution in [0.5, 0.6) is 5.75 Å². The molecular formula is C15H22ClF3N2O2. The number of halogens is 4. The molecule has 3 N–H and O–H groups in total. The lowest BCUT2D eigenvalue weighted by Crippen LogP contribution is -2.48. The zero-order valence-corrected chi connectivity index (χ0v) is 14.1. The van der Waals surface area contributed by atoms with Gasteiger partial charge in [-0.2, -0.15) is 13.2 Å². The zero-order valence-electron chi connectivity index (χ0n) is 13.2. The number of nitrogens with two attached hydrogens (primary N) is 1. The van der Waals surface area contributed by atoms with Gasteiger partial charge in [0.1, 0.15) is 5.75 Å². The van der Waals surface area contributed by atoms with Gasteiger partial charge < -0.3 is 15.8 Å². The van der Waals surface area contributed by atoms with Crippen LogP contribution in [0.1, 0.15) is 26.3 Å². The summed E-state index contributed by atoms with van der Waals surface area (Å²) < 4.78 is 41.0. The highest BCUT2D eigenvalue weighted by Crippen LogP contribution is 2.20. The Kier molecular flexibility index (Phi) is 7.86. The van der Waals surface area contributed by atoms with Crippen LogP contribution < -0.4 is 15.8 Å². The predicted molar refractivity (Wildman–Crippen MR) is 84.5 cm³/mol. The summed E-state index contributed by atoms with van der Waals surface area (Å²) in [4.78, 5) is 11.9. The molecule has 0 unspecified atom stereocenters. The molecule has 1 aromatic rings. The second kappa shape index (κ2) is 8.40. The smallest absolute Gasteiger partial charge is 0.422 e. The SMILES string of the molecule is CC(C)(C)[C@H](N)C(=O)NCc1cccc(OCC(F)(F)F)c1.Cl. The molecule has 132 valence electrons. The Labute approximate surface area is 140 Å². The predicted octanol–water partition coefficient (Wildman–Crippen LogP) is 3.04. The molecule has 4 nitrogen and oxygen atoms in total. The summed E-state index contributed by atoms with van der Waals surface area (Å²) in [6.45, 7) is 4.37. The summed E-state index contributed by atoms with van der Waals surface area (Å²) in [6.07, 6.45) is -4.39. The fourth-order valence-electron chi connectivity index (χ4n) is 1.60. The maximum atomic E-state index is 12.1. The molecule has 0 fully saturated rings. The van der Waals surface area contributed by atoms with Crippen LogP contribution in [-0.4, -0.2) is 24.7 Å². The van der Waals surface area contributed by atoms with Crippen molar-refractivity contribution in [2.24, 2.45) is 11.1 Å². The minimum Gasteiger partial charge on any atom is -0.484 e. The van der Waals surface area contributed by atoms with E-state index in [1.807, 2.05) is 20.8 Å². The summed E-state index contributed by atoms with van der Waals surface area (Å²) in [6, 6.07) is 5.46. The van der Waals surface area contributed by atoms with Crippen LogP contribution >= 0.6 is 12.4 Å². The van der Waals surface area contributed by atoms with E-state index in [-0.39, 0.29) is 36.0 Å². The van der Waals surface area contributed by atoms with Crippen molar-refractivity contribution in [2.75, 3.05) is 6.61 Å². The normalized spacial score (nSPS) is 13.0. The van der Waals surface area contributed by atoms with Crippen molar-refractivity contribution in [1.82, 2.24) is 5.32 Å². The molecule has 8 heteroatoms. The average molecular weight is 355 g/mol. The first-order chi connectivity index (χ1) is 9.99. The van der Waals surface area contributed by atoms with E-state index >= 15 is 0 Å². The highest BCUT2D eigenvalue weighted by atomic mass is 35.5. The van der Waals surface area contributed by atoms with E-state index in [1.54, 1.807) is 12.1 Å². The number of amides is 1. The van der Waals surface area contributed by atoms with Crippen LogP contribution in [0.4, 0.5) is 13.2 Å². The number of carbonyl (C=O) groups excluding carboxylic acids is 1. The molecule has 1 amide bonds. The third-order valence-corrected chi connectivity index (χ3v) is 2.98. The molecule has 0 radical (unpaired) electrons. The molecule has 1 rings (SSSR count). The Morgan fingerprint density at radius 2 is 1.91 bits per heavy atom. The third-order valence-electron chi connectivity index (χ3n) is 2.98. The highest BCUT2D eigenvalue weighted by molar-refractivity contribution is 5.85. The van der Waals surface area contributed by atoms with Crippen molar-refractivity contribution >= 4 is 18.3 Å². The van der Waals surface area contributed by atoms with Crippen molar-refractivity contribution < 1.29 is 22.7 Å². The van der Waals surface area contributed by atoms with Gasteiger partial charge in [0.2, 0.25) is 5.91 Å². The number of carbonyl (C=O) groups is 1. The molecule has 0 spiro atoms. The summed E-state index contributed by atoms with van der Waals surface area (Å²) in [7, 11) is 0. The summed E-state index contributed by atoms with van der Waals surface area (Å²) in [5.41, 5.74) is 6.08. The fraction of sp³-hybridized carbons (Fsp3) is 0.533. The topological polar surface area (TPSA) is 64.4 Å². The van der Waals surface area contributed by atoms with E-state index in [4.69, 9.17) is 5.73 Å². The van der Waals surface area contributed by atoms with Crippen molar-refractivity contribution in [1.29, 1.82) is 0 Å². The highest BCUT2D eigenvalue weighted by Gasteiger charge is 2.28. The van der Waals surface area contributed by atoms with Gasteiger partial charge in [-0.05, 0) is 23.1 Å².